The van der Waals surface area contributed by atoms with Gasteiger partial charge in [0.05, 0.1) is 33.4 Å². The second-order valence-corrected chi connectivity index (χ2v) is 25.0. The Kier molecular flexibility index (Phi) is 35.8. The number of sulfonamides is 2. The summed E-state index contributed by atoms with van der Waals surface area (Å²) in [4.78, 5) is 45.5. The second-order valence-electron chi connectivity index (χ2n) is 21.9. The first-order valence-electron chi connectivity index (χ1n) is 30.6. The van der Waals surface area contributed by atoms with Crippen LogP contribution in [0.25, 0.3) is 0 Å². The van der Waals surface area contributed by atoms with E-state index in [1.165, 1.54) is 35.4 Å². The number of aliphatic carboxylic acids is 2. The summed E-state index contributed by atoms with van der Waals surface area (Å²) in [5.74, 6) is -2.60. The Morgan fingerprint density at radius 2 is 0.804 bits per heavy atom. The highest BCUT2D eigenvalue weighted by Crippen LogP contribution is 2.29. The second kappa shape index (κ2) is 43.0. The number of phenols is 2. The molecule has 6 aromatic rings. The van der Waals surface area contributed by atoms with E-state index in [-0.39, 0.29) is 32.7 Å². The number of carboxylic acids is 2. The van der Waals surface area contributed by atoms with Crippen molar-refractivity contribution in [3.8, 4) is 11.5 Å². The van der Waals surface area contributed by atoms with Gasteiger partial charge in [-0.05, 0) is 159 Å². The lowest BCUT2D eigenvalue weighted by molar-refractivity contribution is -0.134. The van der Waals surface area contributed by atoms with Gasteiger partial charge in [0.15, 0.2) is 0 Å². The first kappa shape index (κ1) is 76.6. The number of carboxylic acid groups (broad SMARTS) is 2. The summed E-state index contributed by atoms with van der Waals surface area (Å²) >= 11 is 0. The van der Waals surface area contributed by atoms with E-state index in [0.29, 0.717) is 88.7 Å². The van der Waals surface area contributed by atoms with Crippen molar-refractivity contribution in [2.45, 2.75) is 125 Å². The van der Waals surface area contributed by atoms with Crippen LogP contribution in [0.1, 0.15) is 123 Å². The Bertz CT molecular complexity index is 3180. The molecule has 0 spiro atoms. The molecule has 0 aliphatic heterocycles. The molecule has 0 heterocycles. The minimum absolute atomic E-state index is 0.0451. The molecule has 22 nitrogen and oxygen atoms in total. The number of ether oxygens (including phenoxy) is 2. The highest BCUT2D eigenvalue weighted by Gasteiger charge is 2.18. The number of carbonyl (C=O) groups is 4. The number of rotatable bonds is 42. The van der Waals surface area contributed by atoms with Gasteiger partial charge < -0.3 is 50.7 Å². The normalized spacial score (nSPS) is 12.1. The summed E-state index contributed by atoms with van der Waals surface area (Å²) in [6.45, 7) is 6.73. The van der Waals surface area contributed by atoms with Crippen LogP contribution >= 0.6 is 0 Å². The van der Waals surface area contributed by atoms with Gasteiger partial charge >= 0.3 is 11.9 Å². The zero-order valence-corrected chi connectivity index (χ0v) is 53.6. The minimum Gasteiger partial charge on any atom is -0.506 e. The topological polar surface area (TPSA) is 359 Å². The Morgan fingerprint density at radius 1 is 0.457 bits per heavy atom. The highest BCUT2D eigenvalue weighted by molar-refractivity contribution is 7.89. The number of phenolic OH excluding ortho intramolecular Hbond substituents is 2. The molecule has 92 heavy (non-hydrogen) atoms. The van der Waals surface area contributed by atoms with Crippen LogP contribution in [0.5, 0.6) is 11.5 Å². The van der Waals surface area contributed by atoms with E-state index in [0.717, 1.165) is 114 Å². The molecule has 0 radical (unpaired) electrons. The monoisotopic (exact) mass is 1310 g/mol. The number of aromatic hydroxyl groups is 2. The highest BCUT2D eigenvalue weighted by atomic mass is 32.2. The SMILES string of the molecule is NS(=O)(=O)c1cccc(CCCCOCCCCCCN(Cc2ccccc2)C[C@H](O)c2ccc(O)c(NC=O)c2)c1.NS(=O)(=O)c1cccc(CCCCOCCCCCCN(Cc2ccccc2)C[C@H](O)c2ccc(O)c(NC=O)c2)c1.O=C(O)/C=C/C(=O)O. The van der Waals surface area contributed by atoms with Crippen LogP contribution in [0.3, 0.4) is 0 Å². The van der Waals surface area contributed by atoms with Crippen LogP contribution in [0.4, 0.5) is 11.4 Å². The summed E-state index contributed by atoms with van der Waals surface area (Å²) in [5, 5.41) is 72.7. The van der Waals surface area contributed by atoms with Crippen molar-refractivity contribution in [3.05, 3.63) is 191 Å². The van der Waals surface area contributed by atoms with Crippen molar-refractivity contribution in [3.63, 3.8) is 0 Å². The van der Waals surface area contributed by atoms with E-state index in [9.17, 15) is 56.4 Å². The zero-order chi connectivity index (χ0) is 67.0. The molecule has 0 unspecified atom stereocenters. The molecule has 0 aliphatic carbocycles. The predicted octanol–water partition coefficient (Wildman–Crippen LogP) is 9.20. The summed E-state index contributed by atoms with van der Waals surface area (Å²) in [6.07, 6.45) is 13.9. The van der Waals surface area contributed by atoms with Gasteiger partial charge in [-0.25, -0.2) is 36.7 Å². The summed E-state index contributed by atoms with van der Waals surface area (Å²) in [7, 11) is -7.35. The number of carbonyl (C=O) groups excluding carboxylic acids is 2. The Hall–Kier alpha value is -7.88. The van der Waals surface area contributed by atoms with Crippen LogP contribution in [-0.4, -0.2) is 135 Å². The molecule has 6 aromatic carbocycles. The van der Waals surface area contributed by atoms with Gasteiger partial charge in [-0.1, -0.05) is 123 Å². The number of aryl methyl sites for hydroxylation is 2. The van der Waals surface area contributed by atoms with Crippen molar-refractivity contribution < 1.29 is 76.1 Å². The maximum absolute atomic E-state index is 11.5. The number of benzene rings is 6. The van der Waals surface area contributed by atoms with Gasteiger partial charge in [-0.3, -0.25) is 19.4 Å². The largest absolute Gasteiger partial charge is 0.506 e. The maximum Gasteiger partial charge on any atom is 0.328 e. The predicted molar refractivity (Wildman–Crippen MR) is 353 cm³/mol. The van der Waals surface area contributed by atoms with Crippen LogP contribution in [0.2, 0.25) is 0 Å². The van der Waals surface area contributed by atoms with Gasteiger partial charge in [0, 0.05) is 64.8 Å². The number of aliphatic hydroxyl groups is 2. The van der Waals surface area contributed by atoms with E-state index < -0.39 is 44.2 Å². The lowest BCUT2D eigenvalue weighted by atomic mass is 10.1. The fourth-order valence-corrected chi connectivity index (χ4v) is 10.9. The molecule has 0 saturated carbocycles. The third-order valence-corrected chi connectivity index (χ3v) is 16.3. The molecule has 500 valence electrons. The first-order valence-corrected chi connectivity index (χ1v) is 33.7. The molecule has 0 bridgehead atoms. The Balaban J connectivity index is 0.000000350. The average Bonchev–Trinajstić information content (AvgIpc) is 1.07. The van der Waals surface area contributed by atoms with Crippen molar-refractivity contribution in [1.82, 2.24) is 9.80 Å². The summed E-state index contributed by atoms with van der Waals surface area (Å²) < 4.78 is 57.6. The molecule has 0 aliphatic rings. The molecule has 2 atom stereocenters. The summed E-state index contributed by atoms with van der Waals surface area (Å²) in [5.41, 5.74) is 6.06. The number of hydrogen-bond acceptors (Lipinski definition) is 16. The number of amides is 2. The summed E-state index contributed by atoms with van der Waals surface area (Å²) in [6, 6.07) is 43.3. The Morgan fingerprint density at radius 3 is 1.15 bits per heavy atom. The average molecular weight is 1310 g/mol. The number of nitrogens with two attached hydrogens (primary N) is 2. The van der Waals surface area contributed by atoms with Gasteiger partial charge in [0.1, 0.15) is 11.5 Å². The zero-order valence-electron chi connectivity index (χ0n) is 51.9. The van der Waals surface area contributed by atoms with Gasteiger partial charge in [0.2, 0.25) is 32.9 Å². The molecule has 24 heteroatoms. The van der Waals surface area contributed by atoms with Gasteiger partial charge in [0.25, 0.3) is 0 Å². The van der Waals surface area contributed by atoms with E-state index in [1.54, 1.807) is 48.5 Å². The lowest BCUT2D eigenvalue weighted by Gasteiger charge is -2.26. The van der Waals surface area contributed by atoms with E-state index in [2.05, 4.69) is 44.7 Å². The molecule has 0 aromatic heterocycles. The smallest absolute Gasteiger partial charge is 0.328 e. The van der Waals surface area contributed by atoms with E-state index >= 15 is 0 Å². The van der Waals surface area contributed by atoms with E-state index in [4.69, 9.17) is 30.0 Å². The minimum atomic E-state index is -3.68. The fraction of sp³-hybridized carbons (Fsp3) is 0.382. The third kappa shape index (κ3) is 32.4. The molecule has 12 N–H and O–H groups in total. The number of primary sulfonamides is 2. The van der Waals surface area contributed by atoms with Crippen molar-refractivity contribution in [1.29, 1.82) is 0 Å². The maximum atomic E-state index is 11.5. The first-order chi connectivity index (χ1) is 44.1. The Labute approximate surface area is 540 Å². The molecule has 6 rings (SSSR count). The van der Waals surface area contributed by atoms with Crippen molar-refractivity contribution in [2.75, 3.05) is 63.2 Å². The number of anilines is 2. The number of unbranched alkanes of at least 4 members (excludes halogenated alkanes) is 8. The quantitative estimate of drug-likeness (QED) is 0.00738. The lowest BCUT2D eigenvalue weighted by Crippen LogP contribution is -2.29. The van der Waals surface area contributed by atoms with E-state index in [1.807, 2.05) is 48.5 Å². The number of nitrogens with one attached hydrogen (secondary N) is 2. The molecular weight excluding hydrogens is 1220 g/mol. The number of aliphatic hydroxyl groups excluding tert-OH is 2. The molecule has 0 fully saturated rings. The third-order valence-electron chi connectivity index (χ3n) is 14.5. The van der Waals surface area contributed by atoms with Crippen LogP contribution < -0.4 is 20.9 Å². The van der Waals surface area contributed by atoms with Crippen LogP contribution in [0.15, 0.2) is 168 Å². The molecular formula is C68H90N6O16S2. The number of nitrogens with zero attached hydrogens (tertiary/aromatic N) is 2. The van der Waals surface area contributed by atoms with Gasteiger partial charge in [-0.15, -0.1) is 0 Å². The molecule has 0 saturated heterocycles. The number of hydrogen-bond donors (Lipinski definition) is 10. The van der Waals surface area contributed by atoms with Crippen molar-refractivity contribution in [2.24, 2.45) is 10.3 Å². The van der Waals surface area contributed by atoms with Gasteiger partial charge in [-0.2, -0.15) is 0 Å². The molecule has 2 amide bonds. The van der Waals surface area contributed by atoms with Crippen molar-refractivity contribution >= 4 is 56.2 Å². The van der Waals surface area contributed by atoms with Crippen LogP contribution in [-0.2, 0) is 74.6 Å². The standard InChI is InChI=1S/2C32H43N3O6S.C4H4O4/c2*33-42(39,40)29-15-10-14-26(21-29)11-6-9-20-41-19-8-2-1-7-18-35(23-27-12-4-3-5-13-27)24-32(38)28-16-17-31(37)30(22-28)34-25-36;5-3(6)1-2-4(7)8/h2*3-5,10,12-17,21-22,25,32,37-38H,1-2,6-9,11,18-20,23-24H2,(H,34,36)(H2,33,39,40);1-2H,(H,5,6)(H,7,8)/b;;2-1+/t2*32-;/m00./s1. The van der Waals surface area contributed by atoms with Crippen LogP contribution in [0, 0.1) is 0 Å². The fourth-order valence-electron chi connectivity index (χ4n) is 9.69.